The first-order chi connectivity index (χ1) is 37.1. The van der Waals surface area contributed by atoms with Gasteiger partial charge in [-0.15, -0.1) is 0 Å². The van der Waals surface area contributed by atoms with Crippen molar-refractivity contribution in [3.05, 3.63) is 239 Å². The molecule has 2 aliphatic heterocycles. The first-order valence-electron chi connectivity index (χ1n) is 27.9. The number of rotatable bonds is 7. The lowest BCUT2D eigenvalue weighted by Gasteiger charge is -2.47. The van der Waals surface area contributed by atoms with E-state index in [2.05, 4.69) is 271 Å². The van der Waals surface area contributed by atoms with Crippen molar-refractivity contribution in [2.75, 3.05) is 14.7 Å². The predicted octanol–water partition coefficient (Wildman–Crippen LogP) is 18.7. The molecular weight excluding hydrogens is 934 g/mol. The van der Waals surface area contributed by atoms with E-state index in [1.165, 1.54) is 78.4 Å². The highest BCUT2D eigenvalue weighted by Gasteiger charge is 2.47. The Kier molecular flexibility index (Phi) is 11.6. The molecule has 380 valence electrons. The van der Waals surface area contributed by atoms with Crippen molar-refractivity contribution in [1.82, 2.24) is 0 Å². The number of nitrogens with zero attached hydrogens (tertiary/aromatic N) is 3. The van der Waals surface area contributed by atoms with Crippen molar-refractivity contribution in [3.8, 4) is 11.1 Å². The number of anilines is 7. The monoisotopic (exact) mass is 1000 g/mol. The Morgan fingerprint density at radius 1 is 0.494 bits per heavy atom. The molecule has 8 aromatic carbocycles. The highest BCUT2D eigenvalue weighted by atomic mass is 16.3. The van der Waals surface area contributed by atoms with Gasteiger partial charge in [-0.05, 0) is 177 Å². The average Bonchev–Trinajstić information content (AvgIpc) is 4.01. The Morgan fingerprint density at radius 3 is 1.82 bits per heavy atom. The van der Waals surface area contributed by atoms with Crippen LogP contribution in [0.1, 0.15) is 110 Å². The molecule has 0 N–H and O–H groups in total. The minimum absolute atomic E-state index is 0.0135. The topological polar surface area (TPSA) is 22.9 Å². The van der Waals surface area contributed by atoms with Crippen LogP contribution in [0.5, 0.6) is 0 Å². The fourth-order valence-electron chi connectivity index (χ4n) is 12.5. The largest absolute Gasteiger partial charge is 0.456 e. The van der Waals surface area contributed by atoms with Crippen LogP contribution >= 0.6 is 0 Å². The predicted molar refractivity (Wildman–Crippen MR) is 329 cm³/mol. The summed E-state index contributed by atoms with van der Waals surface area (Å²) in [5.41, 5.74) is 25.6. The van der Waals surface area contributed by atoms with Crippen LogP contribution < -0.4 is 25.6 Å². The summed E-state index contributed by atoms with van der Waals surface area (Å²) in [5, 5.41) is 2.27. The zero-order valence-electron chi connectivity index (χ0n) is 46.2. The zero-order chi connectivity index (χ0) is 53.0. The van der Waals surface area contributed by atoms with E-state index in [4.69, 9.17) is 4.42 Å². The molecule has 5 heteroatoms. The summed E-state index contributed by atoms with van der Waals surface area (Å²) in [4.78, 5) is 7.80. The molecule has 0 saturated carbocycles. The van der Waals surface area contributed by atoms with Crippen LogP contribution in [0.15, 0.2) is 222 Å². The number of furan rings is 1. The molecule has 0 unspecified atom stereocenters. The van der Waals surface area contributed by atoms with Crippen LogP contribution in [0.2, 0.25) is 0 Å². The molecule has 3 heterocycles. The third kappa shape index (κ3) is 8.47. The van der Waals surface area contributed by atoms with E-state index in [1.54, 1.807) is 0 Å². The van der Waals surface area contributed by atoms with Crippen molar-refractivity contribution in [3.63, 3.8) is 0 Å². The van der Waals surface area contributed by atoms with Gasteiger partial charge in [0.15, 0.2) is 0 Å². The van der Waals surface area contributed by atoms with Gasteiger partial charge in [0.1, 0.15) is 11.2 Å². The van der Waals surface area contributed by atoms with E-state index in [9.17, 15) is 0 Å². The number of para-hydroxylation sites is 3. The van der Waals surface area contributed by atoms with E-state index in [-0.39, 0.29) is 23.0 Å². The number of benzene rings is 8. The maximum absolute atomic E-state index is 6.35. The molecule has 0 bridgehead atoms. The summed E-state index contributed by atoms with van der Waals surface area (Å²) in [6, 6.07) is 66.1. The first kappa shape index (κ1) is 48.6. The van der Waals surface area contributed by atoms with Crippen LogP contribution in [-0.4, -0.2) is 6.71 Å². The Labute approximate surface area is 456 Å². The van der Waals surface area contributed by atoms with Gasteiger partial charge in [0.25, 0.3) is 0 Å². The molecule has 1 aromatic heterocycles. The Hall–Kier alpha value is -8.02. The molecule has 0 saturated heterocycles. The van der Waals surface area contributed by atoms with Crippen LogP contribution in [0, 0.1) is 0 Å². The smallest absolute Gasteiger partial charge is 0.247 e. The molecule has 4 aliphatic rings. The molecule has 4 nitrogen and oxygen atoms in total. The second-order valence-electron chi connectivity index (χ2n) is 24.8. The van der Waals surface area contributed by atoms with E-state index < -0.39 is 0 Å². The van der Waals surface area contributed by atoms with Crippen molar-refractivity contribution >= 4 is 85.0 Å². The fourth-order valence-corrected chi connectivity index (χ4v) is 12.5. The summed E-state index contributed by atoms with van der Waals surface area (Å²) < 4.78 is 6.35. The van der Waals surface area contributed by atoms with Crippen LogP contribution in [0.4, 0.5) is 39.8 Å². The molecule has 0 fully saturated rings. The third-order valence-corrected chi connectivity index (χ3v) is 16.6. The molecule has 0 atom stereocenters. The molecule has 2 aliphatic carbocycles. The van der Waals surface area contributed by atoms with Gasteiger partial charge in [0.2, 0.25) is 6.71 Å². The molecule has 0 amide bonds. The SMILES string of the molecule is CC(C)(C)c1ccc2c(c1)B1C3=C(C=C(N(c4ccccc4)c4ccccc4)CC3)N(c3cccc(-c4ccc5oc6ccccc6c5c4)c3)c3cc(C(C)(C)C)cc(c31)N2c1ccc(C(C)(C)C)cc1C1=CCCC=C1. The minimum Gasteiger partial charge on any atom is -0.456 e. The number of hydrogen-bond donors (Lipinski definition) is 0. The van der Waals surface area contributed by atoms with Gasteiger partial charge >= 0.3 is 0 Å². The highest BCUT2D eigenvalue weighted by Crippen LogP contribution is 2.52. The van der Waals surface area contributed by atoms with Crippen molar-refractivity contribution < 1.29 is 4.42 Å². The maximum atomic E-state index is 6.35. The number of allylic oxidation sites excluding steroid dienone is 7. The van der Waals surface area contributed by atoms with E-state index in [0.29, 0.717) is 0 Å². The van der Waals surface area contributed by atoms with Gasteiger partial charge < -0.3 is 19.1 Å². The minimum atomic E-state index is -0.174. The van der Waals surface area contributed by atoms with E-state index >= 15 is 0 Å². The van der Waals surface area contributed by atoms with Crippen molar-refractivity contribution in [1.29, 1.82) is 0 Å². The van der Waals surface area contributed by atoms with Crippen LogP contribution in [0.3, 0.4) is 0 Å². The highest BCUT2D eigenvalue weighted by molar-refractivity contribution is 6.95. The summed E-state index contributed by atoms with van der Waals surface area (Å²) in [6.45, 7) is 21.2. The average molecular weight is 1000 g/mol. The lowest BCUT2D eigenvalue weighted by molar-refractivity contribution is 0.589. The van der Waals surface area contributed by atoms with Gasteiger partial charge in [-0.1, -0.05) is 177 Å². The summed E-state index contributed by atoms with van der Waals surface area (Å²) in [5.74, 6) is 0. The third-order valence-electron chi connectivity index (χ3n) is 16.6. The molecule has 9 aromatic rings. The molecule has 0 radical (unpaired) electrons. The summed E-state index contributed by atoms with van der Waals surface area (Å²) in [6.07, 6.45) is 13.6. The maximum Gasteiger partial charge on any atom is 0.247 e. The fraction of sp³-hybridized carbons (Fsp3) is 0.222. The molecule has 0 spiro atoms. The van der Waals surface area contributed by atoms with E-state index in [1.807, 2.05) is 6.07 Å². The normalized spacial score (nSPS) is 15.4. The molecular formula is C72H68BN3O. The van der Waals surface area contributed by atoms with Gasteiger partial charge in [-0.2, -0.15) is 0 Å². The Bertz CT molecular complexity index is 3900. The second kappa shape index (κ2) is 18.3. The lowest BCUT2D eigenvalue weighted by Crippen LogP contribution is -2.57. The second-order valence-corrected chi connectivity index (χ2v) is 24.8. The standard InChI is InChI=1S/C72H68BN3O/c1-70(2,3)50-33-37-62(58(42-50)47-22-13-10-14-23-47)76-63-38-34-51(71(4,5)6)43-61(63)73-60-36-35-56(74(53-25-15-11-16-26-53)54-27-17-12-18-28-54)46-64(60)75(65-44-52(72(7,8)9)45-66(76)69(65)73)55-29-21-24-48(40-55)49-32-39-68-59(41-49)57-30-19-20-31-67(57)77-68/h11-13,15-34,37-46H,10,14,35-36H2,1-9H3. The Balaban J connectivity index is 1.11. The number of hydrogen-bond acceptors (Lipinski definition) is 4. The summed E-state index contributed by atoms with van der Waals surface area (Å²) in [7, 11) is 0. The quantitative estimate of drug-likeness (QED) is 0.148. The molecule has 13 rings (SSSR count). The van der Waals surface area contributed by atoms with E-state index in [0.717, 1.165) is 75.8 Å². The lowest BCUT2D eigenvalue weighted by atomic mass is 9.32. The Morgan fingerprint density at radius 2 is 1.13 bits per heavy atom. The van der Waals surface area contributed by atoms with Crippen molar-refractivity contribution in [2.24, 2.45) is 0 Å². The van der Waals surface area contributed by atoms with Crippen LogP contribution in [0.25, 0.3) is 38.6 Å². The van der Waals surface area contributed by atoms with Gasteiger partial charge in [-0.3, -0.25) is 0 Å². The number of fused-ring (bicyclic) bond motifs is 6. The van der Waals surface area contributed by atoms with Crippen molar-refractivity contribution in [2.45, 2.75) is 104 Å². The summed E-state index contributed by atoms with van der Waals surface area (Å²) >= 11 is 0. The van der Waals surface area contributed by atoms with Gasteiger partial charge in [0, 0.05) is 61.9 Å². The van der Waals surface area contributed by atoms with Gasteiger partial charge in [0.05, 0.1) is 5.69 Å². The first-order valence-corrected chi connectivity index (χ1v) is 27.9. The zero-order valence-corrected chi connectivity index (χ0v) is 46.2. The molecule has 77 heavy (non-hydrogen) atoms. The van der Waals surface area contributed by atoms with Gasteiger partial charge in [-0.25, -0.2) is 0 Å². The van der Waals surface area contributed by atoms with Crippen LogP contribution in [-0.2, 0) is 16.2 Å².